The lowest BCUT2D eigenvalue weighted by Gasteiger charge is -2.36. The molecule has 1 aromatic heterocycles. The van der Waals surface area contributed by atoms with Crippen molar-refractivity contribution in [1.29, 1.82) is 0 Å². The molecule has 0 saturated heterocycles. The third kappa shape index (κ3) is 4.16. The van der Waals surface area contributed by atoms with Crippen molar-refractivity contribution >= 4 is 19.9 Å². The van der Waals surface area contributed by atoms with Crippen LogP contribution in [-0.2, 0) is 17.2 Å². The van der Waals surface area contributed by atoms with Gasteiger partial charge in [-0.2, -0.15) is 13.2 Å². The van der Waals surface area contributed by atoms with Gasteiger partial charge in [-0.1, -0.05) is 32.4 Å². The Bertz CT molecular complexity index is 487. The molecule has 1 heterocycles. The Morgan fingerprint density at radius 3 is 2.20 bits per heavy atom. The molecular weight excluding hydrogens is 309 g/mol. The molecule has 3 nitrogen and oxygen atoms in total. The summed E-state index contributed by atoms with van der Waals surface area (Å²) in [6.07, 6.45) is -3.52. The highest BCUT2D eigenvalue weighted by Crippen LogP contribution is 2.37. The minimum atomic E-state index is -4.59. The maximum atomic E-state index is 12.4. The van der Waals surface area contributed by atoms with Crippen molar-refractivity contribution in [3.05, 3.63) is 22.7 Å². The first kappa shape index (κ1) is 17.4. The van der Waals surface area contributed by atoms with Gasteiger partial charge in [0, 0.05) is 11.8 Å². The molecule has 0 amide bonds. The van der Waals surface area contributed by atoms with E-state index in [4.69, 9.17) is 16.0 Å². The Balaban J connectivity index is 2.86. The molecule has 0 N–H and O–H groups in total. The van der Waals surface area contributed by atoms with Crippen LogP contribution in [0.2, 0.25) is 23.3 Å². The van der Waals surface area contributed by atoms with Crippen molar-refractivity contribution in [2.45, 2.75) is 51.7 Å². The standard InChI is InChI=1S/C12H18ClF3N2OSi/c1-11(2,3)20(4,5)19-7-8-6-17-10(12(14,15)16)18-9(8)13/h6H,7H2,1-5H3. The first-order valence-corrected chi connectivity index (χ1v) is 9.36. The van der Waals surface area contributed by atoms with Crippen molar-refractivity contribution in [3.63, 3.8) is 0 Å². The molecule has 0 spiro atoms. The molecule has 0 fully saturated rings. The van der Waals surface area contributed by atoms with Gasteiger partial charge in [-0.3, -0.25) is 0 Å². The van der Waals surface area contributed by atoms with Crippen LogP contribution < -0.4 is 0 Å². The fraction of sp³-hybridized carbons (Fsp3) is 0.667. The number of hydrogen-bond acceptors (Lipinski definition) is 3. The lowest BCUT2D eigenvalue weighted by molar-refractivity contribution is -0.145. The van der Waals surface area contributed by atoms with Gasteiger partial charge < -0.3 is 4.43 Å². The Morgan fingerprint density at radius 2 is 1.80 bits per heavy atom. The summed E-state index contributed by atoms with van der Waals surface area (Å²) in [5, 5.41) is -0.210. The summed E-state index contributed by atoms with van der Waals surface area (Å²) in [5.74, 6) is -1.24. The SMILES string of the molecule is CC(C)(C)[Si](C)(C)OCc1cnc(C(F)(F)F)nc1Cl. The third-order valence-electron chi connectivity index (χ3n) is 3.46. The quantitative estimate of drug-likeness (QED) is 0.598. The van der Waals surface area contributed by atoms with Gasteiger partial charge in [0.25, 0.3) is 0 Å². The number of alkyl halides is 3. The zero-order valence-electron chi connectivity index (χ0n) is 12.1. The van der Waals surface area contributed by atoms with Crippen LogP contribution in [0.4, 0.5) is 13.2 Å². The lowest BCUT2D eigenvalue weighted by atomic mass is 10.2. The van der Waals surface area contributed by atoms with Gasteiger partial charge in [0.2, 0.25) is 5.82 Å². The van der Waals surface area contributed by atoms with E-state index in [1.807, 2.05) is 13.1 Å². The van der Waals surface area contributed by atoms with E-state index >= 15 is 0 Å². The van der Waals surface area contributed by atoms with Crippen LogP contribution >= 0.6 is 11.6 Å². The van der Waals surface area contributed by atoms with E-state index in [1.165, 1.54) is 0 Å². The lowest BCUT2D eigenvalue weighted by Crippen LogP contribution is -2.40. The van der Waals surface area contributed by atoms with Crippen molar-refractivity contribution in [1.82, 2.24) is 9.97 Å². The van der Waals surface area contributed by atoms with Crippen molar-refractivity contribution in [3.8, 4) is 0 Å². The number of nitrogens with zero attached hydrogens (tertiary/aromatic N) is 2. The molecule has 0 radical (unpaired) electrons. The first-order chi connectivity index (χ1) is 8.84. The van der Waals surface area contributed by atoms with Crippen LogP contribution in [0.3, 0.4) is 0 Å². The number of halogens is 4. The highest BCUT2D eigenvalue weighted by Gasteiger charge is 2.38. The maximum Gasteiger partial charge on any atom is 0.451 e. The highest BCUT2D eigenvalue weighted by molar-refractivity contribution is 6.74. The zero-order valence-corrected chi connectivity index (χ0v) is 13.9. The Labute approximate surface area is 122 Å². The molecule has 0 atom stereocenters. The maximum absolute atomic E-state index is 12.4. The van der Waals surface area contributed by atoms with Crippen molar-refractivity contribution in [2.24, 2.45) is 0 Å². The fourth-order valence-corrected chi connectivity index (χ4v) is 2.23. The monoisotopic (exact) mass is 326 g/mol. The number of hydrogen-bond donors (Lipinski definition) is 0. The minimum absolute atomic E-state index is 0.00619. The summed E-state index contributed by atoms with van der Waals surface area (Å²) < 4.78 is 43.1. The molecule has 20 heavy (non-hydrogen) atoms. The van der Waals surface area contributed by atoms with Crippen LogP contribution in [0.1, 0.15) is 32.2 Å². The molecule has 0 bridgehead atoms. The Hall–Kier alpha value is -0.663. The van der Waals surface area contributed by atoms with Crippen LogP contribution in [0.5, 0.6) is 0 Å². The summed E-state index contributed by atoms with van der Waals surface area (Å²) in [7, 11) is -2.00. The van der Waals surface area contributed by atoms with E-state index in [1.54, 1.807) is 0 Å². The second-order valence-electron chi connectivity index (χ2n) is 6.06. The topological polar surface area (TPSA) is 35.0 Å². The van der Waals surface area contributed by atoms with Crippen LogP contribution in [0, 0.1) is 0 Å². The highest BCUT2D eigenvalue weighted by atomic mass is 35.5. The van der Waals surface area contributed by atoms with Gasteiger partial charge in [-0.25, -0.2) is 9.97 Å². The van der Waals surface area contributed by atoms with Gasteiger partial charge >= 0.3 is 6.18 Å². The van der Waals surface area contributed by atoms with Crippen LogP contribution in [-0.4, -0.2) is 18.3 Å². The van der Waals surface area contributed by atoms with Gasteiger partial charge in [0.15, 0.2) is 8.32 Å². The minimum Gasteiger partial charge on any atom is -0.412 e. The molecule has 0 aliphatic carbocycles. The molecule has 0 aromatic carbocycles. The van der Waals surface area contributed by atoms with Gasteiger partial charge in [-0.05, 0) is 18.1 Å². The van der Waals surface area contributed by atoms with E-state index < -0.39 is 20.3 Å². The van der Waals surface area contributed by atoms with Crippen molar-refractivity contribution < 1.29 is 17.6 Å². The zero-order chi connectivity index (χ0) is 15.8. The predicted molar refractivity (Wildman–Crippen MR) is 74.0 cm³/mol. The van der Waals surface area contributed by atoms with Gasteiger partial charge in [0.05, 0.1) is 6.61 Å². The Kier molecular flexibility index (Phi) is 4.88. The molecule has 0 saturated carbocycles. The normalized spacial score (nSPS) is 13.7. The van der Waals surface area contributed by atoms with E-state index in [9.17, 15) is 13.2 Å². The summed E-state index contributed by atoms with van der Waals surface area (Å²) in [6, 6.07) is 0. The summed E-state index contributed by atoms with van der Waals surface area (Å²) in [5.41, 5.74) is 0.365. The molecule has 1 rings (SSSR count). The van der Waals surface area contributed by atoms with E-state index in [0.29, 0.717) is 5.56 Å². The van der Waals surface area contributed by atoms with Crippen LogP contribution in [0.15, 0.2) is 6.20 Å². The van der Waals surface area contributed by atoms with Crippen molar-refractivity contribution in [2.75, 3.05) is 0 Å². The average Bonchev–Trinajstić information content (AvgIpc) is 2.24. The summed E-state index contributed by atoms with van der Waals surface area (Å²) >= 11 is 5.76. The van der Waals surface area contributed by atoms with Gasteiger partial charge in [0.1, 0.15) is 5.15 Å². The summed E-state index contributed by atoms with van der Waals surface area (Å²) in [6.45, 7) is 10.4. The smallest absolute Gasteiger partial charge is 0.412 e. The molecular formula is C12H18ClF3N2OSi. The first-order valence-electron chi connectivity index (χ1n) is 6.07. The molecule has 8 heteroatoms. The second kappa shape index (κ2) is 5.61. The number of rotatable bonds is 3. The van der Waals surface area contributed by atoms with E-state index in [-0.39, 0.29) is 16.8 Å². The molecule has 114 valence electrons. The third-order valence-corrected chi connectivity index (χ3v) is 8.27. The summed E-state index contributed by atoms with van der Waals surface area (Å²) in [4.78, 5) is 6.56. The largest absolute Gasteiger partial charge is 0.451 e. The van der Waals surface area contributed by atoms with E-state index in [2.05, 4.69) is 30.7 Å². The van der Waals surface area contributed by atoms with E-state index in [0.717, 1.165) is 6.20 Å². The second-order valence-corrected chi connectivity index (χ2v) is 11.2. The average molecular weight is 327 g/mol. The Morgan fingerprint density at radius 1 is 1.25 bits per heavy atom. The molecule has 0 unspecified atom stereocenters. The fourth-order valence-electron chi connectivity index (χ4n) is 1.09. The molecule has 1 aromatic rings. The molecule has 0 aliphatic heterocycles. The van der Waals surface area contributed by atoms with Crippen LogP contribution in [0.25, 0.3) is 0 Å². The predicted octanol–water partition coefficient (Wildman–Crippen LogP) is 4.67. The molecule has 0 aliphatic rings. The van der Waals surface area contributed by atoms with Gasteiger partial charge in [-0.15, -0.1) is 0 Å². The number of aromatic nitrogens is 2.